The van der Waals surface area contributed by atoms with Crippen LogP contribution in [0.1, 0.15) is 20.8 Å². The number of nitro benzene ring substituents is 1. The van der Waals surface area contributed by atoms with Crippen molar-refractivity contribution in [1.29, 1.82) is 5.26 Å². The van der Waals surface area contributed by atoms with Crippen LogP contribution in [0.3, 0.4) is 0 Å². The van der Waals surface area contributed by atoms with E-state index in [2.05, 4.69) is 5.32 Å². The highest BCUT2D eigenvalue weighted by atomic mass is 32.1. The van der Waals surface area contributed by atoms with E-state index >= 15 is 0 Å². The second-order valence-electron chi connectivity index (χ2n) is 5.08. The van der Waals surface area contributed by atoms with Crippen LogP contribution in [0.2, 0.25) is 0 Å². The molecule has 0 saturated heterocycles. The van der Waals surface area contributed by atoms with Crippen molar-refractivity contribution in [2.75, 3.05) is 0 Å². The van der Waals surface area contributed by atoms with Crippen molar-refractivity contribution in [2.24, 2.45) is 0 Å². The summed E-state index contributed by atoms with van der Waals surface area (Å²) in [6, 6.07) is 15.2. The van der Waals surface area contributed by atoms with Gasteiger partial charge in [-0.15, -0.1) is 11.3 Å². The van der Waals surface area contributed by atoms with E-state index in [0.29, 0.717) is 22.4 Å². The van der Waals surface area contributed by atoms with Crippen molar-refractivity contribution in [3.8, 4) is 6.07 Å². The molecule has 0 aliphatic heterocycles. The highest BCUT2D eigenvalue weighted by Crippen LogP contribution is 2.28. The Kier molecular flexibility index (Phi) is 4.22. The smallest absolute Gasteiger partial charge is 0.270 e. The lowest BCUT2D eigenvalue weighted by molar-refractivity contribution is -0.384. The normalized spacial score (nSPS) is 10.3. The molecule has 0 bridgehead atoms. The minimum atomic E-state index is -0.457. The summed E-state index contributed by atoms with van der Waals surface area (Å²) < 4.78 is 0.823. The van der Waals surface area contributed by atoms with Gasteiger partial charge in [0, 0.05) is 28.8 Å². The van der Waals surface area contributed by atoms with Crippen LogP contribution in [0.15, 0.2) is 48.5 Å². The summed E-state index contributed by atoms with van der Waals surface area (Å²) in [5.74, 6) is -0.233. The molecule has 6 nitrogen and oxygen atoms in total. The van der Waals surface area contributed by atoms with E-state index in [1.54, 1.807) is 36.4 Å². The van der Waals surface area contributed by atoms with Gasteiger partial charge in [0.1, 0.15) is 0 Å². The average Bonchev–Trinajstić information content (AvgIpc) is 3.03. The Balaban J connectivity index is 1.73. The summed E-state index contributed by atoms with van der Waals surface area (Å²) in [6.07, 6.45) is 0. The predicted octanol–water partition coefficient (Wildman–Crippen LogP) is 3.61. The summed E-state index contributed by atoms with van der Waals surface area (Å²) >= 11 is 1.29. The summed E-state index contributed by atoms with van der Waals surface area (Å²) in [5.41, 5.74) is 1.46. The zero-order valence-corrected chi connectivity index (χ0v) is 13.2. The standard InChI is InChI=1S/C17H11N3O3S/c18-9-11-1-3-12(4-2-11)10-19-17(21)16-8-13-7-14(20(22)23)5-6-15(13)24-16/h1-8H,10H2,(H,19,21). The fraction of sp³-hybridized carbons (Fsp3) is 0.0588. The number of thiophene rings is 1. The number of nitriles is 1. The SMILES string of the molecule is N#Cc1ccc(CNC(=O)c2cc3cc([N+](=O)[O-])ccc3s2)cc1. The van der Waals surface area contributed by atoms with Gasteiger partial charge in [-0.3, -0.25) is 14.9 Å². The molecule has 0 fully saturated rings. The number of hydrogen-bond donors (Lipinski definition) is 1. The molecule has 118 valence electrons. The van der Waals surface area contributed by atoms with Gasteiger partial charge in [-0.25, -0.2) is 0 Å². The summed E-state index contributed by atoms with van der Waals surface area (Å²) in [5, 5.41) is 23.0. The topological polar surface area (TPSA) is 96.0 Å². The van der Waals surface area contributed by atoms with Gasteiger partial charge in [0.25, 0.3) is 11.6 Å². The minimum absolute atomic E-state index is 0.00448. The maximum atomic E-state index is 12.2. The molecule has 0 aliphatic rings. The number of nitrogens with zero attached hydrogens (tertiary/aromatic N) is 2. The number of rotatable bonds is 4. The molecule has 1 aromatic heterocycles. The van der Waals surface area contributed by atoms with Crippen molar-refractivity contribution in [2.45, 2.75) is 6.54 Å². The average molecular weight is 337 g/mol. The van der Waals surface area contributed by atoms with Crippen molar-refractivity contribution in [1.82, 2.24) is 5.32 Å². The number of non-ortho nitro benzene ring substituents is 1. The van der Waals surface area contributed by atoms with Crippen LogP contribution in [-0.4, -0.2) is 10.8 Å². The Hall–Kier alpha value is -3.24. The Morgan fingerprint density at radius 1 is 1.21 bits per heavy atom. The van der Waals surface area contributed by atoms with Crippen LogP contribution >= 0.6 is 11.3 Å². The van der Waals surface area contributed by atoms with Gasteiger partial charge in [-0.1, -0.05) is 12.1 Å². The molecule has 2 aromatic carbocycles. The first kappa shape index (κ1) is 15.6. The maximum absolute atomic E-state index is 12.2. The van der Waals surface area contributed by atoms with Crippen LogP contribution in [0.25, 0.3) is 10.1 Å². The molecule has 7 heteroatoms. The number of nitrogens with one attached hydrogen (secondary N) is 1. The molecule has 3 aromatic rings. The lowest BCUT2D eigenvalue weighted by atomic mass is 10.1. The van der Waals surface area contributed by atoms with Gasteiger partial charge in [0.2, 0.25) is 0 Å². The lowest BCUT2D eigenvalue weighted by Gasteiger charge is -2.03. The molecular weight excluding hydrogens is 326 g/mol. The second-order valence-corrected chi connectivity index (χ2v) is 6.17. The third kappa shape index (κ3) is 3.24. The van der Waals surface area contributed by atoms with E-state index in [1.807, 2.05) is 6.07 Å². The second kappa shape index (κ2) is 6.48. The van der Waals surface area contributed by atoms with Gasteiger partial charge in [-0.2, -0.15) is 5.26 Å². The van der Waals surface area contributed by atoms with E-state index in [-0.39, 0.29) is 11.6 Å². The number of benzene rings is 2. The fourth-order valence-corrected chi connectivity index (χ4v) is 3.18. The highest BCUT2D eigenvalue weighted by molar-refractivity contribution is 7.20. The van der Waals surface area contributed by atoms with Gasteiger partial charge in [-0.05, 0) is 29.8 Å². The number of hydrogen-bond acceptors (Lipinski definition) is 5. The van der Waals surface area contributed by atoms with E-state index < -0.39 is 4.92 Å². The van der Waals surface area contributed by atoms with E-state index in [1.165, 1.54) is 23.5 Å². The molecule has 0 radical (unpaired) electrons. The number of nitro groups is 1. The Labute approximate surface area is 141 Å². The maximum Gasteiger partial charge on any atom is 0.270 e. The van der Waals surface area contributed by atoms with Crippen LogP contribution in [-0.2, 0) is 6.54 Å². The van der Waals surface area contributed by atoms with Crippen LogP contribution in [0.4, 0.5) is 5.69 Å². The van der Waals surface area contributed by atoms with Gasteiger partial charge >= 0.3 is 0 Å². The predicted molar refractivity (Wildman–Crippen MR) is 90.8 cm³/mol. The van der Waals surface area contributed by atoms with E-state index in [9.17, 15) is 14.9 Å². The number of fused-ring (bicyclic) bond motifs is 1. The quantitative estimate of drug-likeness (QED) is 0.581. The van der Waals surface area contributed by atoms with E-state index in [4.69, 9.17) is 5.26 Å². The molecule has 0 atom stereocenters. The molecule has 0 unspecified atom stereocenters. The first-order chi connectivity index (χ1) is 11.6. The number of carbonyl (C=O) groups is 1. The zero-order chi connectivity index (χ0) is 17.1. The van der Waals surface area contributed by atoms with Gasteiger partial charge in [0.05, 0.1) is 21.4 Å². The van der Waals surface area contributed by atoms with Crippen LogP contribution in [0.5, 0.6) is 0 Å². The monoisotopic (exact) mass is 337 g/mol. The molecule has 0 saturated carbocycles. The fourth-order valence-electron chi connectivity index (χ4n) is 2.22. The molecule has 24 heavy (non-hydrogen) atoms. The number of carbonyl (C=O) groups excluding carboxylic acids is 1. The van der Waals surface area contributed by atoms with Crippen LogP contribution < -0.4 is 5.32 Å². The summed E-state index contributed by atoms with van der Waals surface area (Å²) in [7, 11) is 0. The van der Waals surface area contributed by atoms with Crippen molar-refractivity contribution in [3.05, 3.63) is 74.6 Å². The summed E-state index contributed by atoms with van der Waals surface area (Å²) in [6.45, 7) is 0.346. The molecule has 1 heterocycles. The van der Waals surface area contributed by atoms with Gasteiger partial charge in [0.15, 0.2) is 0 Å². The lowest BCUT2D eigenvalue weighted by Crippen LogP contribution is -2.21. The van der Waals surface area contributed by atoms with Crippen molar-refractivity contribution >= 4 is 33.0 Å². The largest absolute Gasteiger partial charge is 0.347 e. The molecule has 1 N–H and O–H groups in total. The third-order valence-electron chi connectivity index (χ3n) is 3.47. The van der Waals surface area contributed by atoms with Gasteiger partial charge < -0.3 is 5.32 Å². The molecule has 1 amide bonds. The third-order valence-corrected chi connectivity index (χ3v) is 4.59. The first-order valence-electron chi connectivity index (χ1n) is 7.02. The van der Waals surface area contributed by atoms with Crippen molar-refractivity contribution < 1.29 is 9.72 Å². The molecule has 0 aliphatic carbocycles. The molecule has 0 spiro atoms. The Morgan fingerprint density at radius 2 is 1.96 bits per heavy atom. The Morgan fingerprint density at radius 3 is 2.62 bits per heavy atom. The van der Waals surface area contributed by atoms with E-state index in [0.717, 1.165) is 10.3 Å². The molecule has 3 rings (SSSR count). The number of amides is 1. The summed E-state index contributed by atoms with van der Waals surface area (Å²) in [4.78, 5) is 23.1. The first-order valence-corrected chi connectivity index (χ1v) is 7.84. The van der Waals surface area contributed by atoms with Crippen molar-refractivity contribution in [3.63, 3.8) is 0 Å². The minimum Gasteiger partial charge on any atom is -0.347 e. The zero-order valence-electron chi connectivity index (χ0n) is 12.4. The highest BCUT2D eigenvalue weighted by Gasteiger charge is 2.13. The Bertz CT molecular complexity index is 971. The van der Waals surface area contributed by atoms with Crippen LogP contribution in [0, 0.1) is 21.4 Å². The molecular formula is C17H11N3O3S.